The zero-order valence-corrected chi connectivity index (χ0v) is 12.5. The minimum Gasteiger partial charge on any atom is -0.365 e. The smallest absolute Gasteiger partial charge is 0.249 e. The fraction of sp³-hybridized carbons (Fsp3) is 0.923. The van der Waals surface area contributed by atoms with E-state index in [1.165, 1.54) is 12.8 Å². The number of carbonyl (C=O) groups is 1. The Morgan fingerprint density at radius 2 is 2.24 bits per heavy atom. The maximum atomic E-state index is 11.9. The summed E-state index contributed by atoms with van der Waals surface area (Å²) >= 11 is 3.46. The fourth-order valence-corrected chi connectivity index (χ4v) is 2.91. The predicted octanol–water partition coefficient (Wildman–Crippen LogP) is 2.87. The normalized spacial score (nSPS) is 25.8. The summed E-state index contributed by atoms with van der Waals surface area (Å²) in [6, 6.07) is 0. The summed E-state index contributed by atoms with van der Waals surface area (Å²) in [6.07, 6.45) is 5.35. The Morgan fingerprint density at radius 3 is 2.76 bits per heavy atom. The molecule has 0 aromatic rings. The molecule has 1 aliphatic rings. The average Bonchev–Trinajstić information content (AvgIpc) is 2.73. The number of ether oxygens (including phenoxy) is 1. The van der Waals surface area contributed by atoms with Crippen molar-refractivity contribution < 1.29 is 9.53 Å². The van der Waals surface area contributed by atoms with Gasteiger partial charge in [-0.25, -0.2) is 0 Å². The van der Waals surface area contributed by atoms with E-state index < -0.39 is 0 Å². The third kappa shape index (κ3) is 5.38. The zero-order chi connectivity index (χ0) is 12.7. The first-order chi connectivity index (χ1) is 8.17. The first-order valence-corrected chi connectivity index (χ1v) is 7.78. The van der Waals surface area contributed by atoms with Gasteiger partial charge in [0.25, 0.3) is 0 Å². The maximum Gasteiger partial charge on any atom is 0.249 e. The quantitative estimate of drug-likeness (QED) is 0.735. The highest BCUT2D eigenvalue weighted by Crippen LogP contribution is 2.19. The van der Waals surface area contributed by atoms with Crippen LogP contribution in [0.15, 0.2) is 0 Å². The number of rotatable bonds is 7. The standard InChI is InChI=1S/C13H24BrNO2/c1-3-4-11(7-8-14)9-15-13(16)12-6-5-10(2)17-12/h10-12H,3-9H2,1-2H3,(H,15,16). The van der Waals surface area contributed by atoms with Crippen molar-refractivity contribution in [3.8, 4) is 0 Å². The first-order valence-electron chi connectivity index (χ1n) is 6.66. The average molecular weight is 306 g/mol. The molecule has 0 radical (unpaired) electrons. The predicted molar refractivity (Wildman–Crippen MR) is 73.4 cm³/mol. The molecule has 1 aliphatic heterocycles. The van der Waals surface area contributed by atoms with Crippen LogP contribution >= 0.6 is 15.9 Å². The molecule has 0 bridgehead atoms. The highest BCUT2D eigenvalue weighted by molar-refractivity contribution is 9.09. The van der Waals surface area contributed by atoms with E-state index in [2.05, 4.69) is 28.2 Å². The van der Waals surface area contributed by atoms with Gasteiger partial charge < -0.3 is 10.1 Å². The lowest BCUT2D eigenvalue weighted by Crippen LogP contribution is -2.37. The summed E-state index contributed by atoms with van der Waals surface area (Å²) in [5, 5.41) is 4.03. The van der Waals surface area contributed by atoms with Gasteiger partial charge in [-0.05, 0) is 38.5 Å². The molecule has 3 nitrogen and oxygen atoms in total. The van der Waals surface area contributed by atoms with E-state index in [0.717, 1.165) is 31.1 Å². The lowest BCUT2D eigenvalue weighted by atomic mass is 10.0. The number of carbonyl (C=O) groups excluding carboxylic acids is 1. The van der Waals surface area contributed by atoms with Crippen molar-refractivity contribution in [1.29, 1.82) is 0 Å². The molecule has 1 N–H and O–H groups in total. The van der Waals surface area contributed by atoms with Gasteiger partial charge in [0.1, 0.15) is 6.10 Å². The van der Waals surface area contributed by atoms with E-state index in [4.69, 9.17) is 4.74 Å². The minimum atomic E-state index is -0.212. The van der Waals surface area contributed by atoms with Gasteiger partial charge in [0, 0.05) is 11.9 Å². The van der Waals surface area contributed by atoms with Crippen molar-refractivity contribution >= 4 is 21.8 Å². The molecule has 17 heavy (non-hydrogen) atoms. The van der Waals surface area contributed by atoms with Crippen LogP contribution in [-0.4, -0.2) is 30.0 Å². The van der Waals surface area contributed by atoms with Crippen molar-refractivity contribution in [2.24, 2.45) is 5.92 Å². The summed E-state index contributed by atoms with van der Waals surface area (Å²) in [5.41, 5.74) is 0. The van der Waals surface area contributed by atoms with Crippen LogP contribution < -0.4 is 5.32 Å². The van der Waals surface area contributed by atoms with Crippen LogP contribution in [0, 0.1) is 5.92 Å². The van der Waals surface area contributed by atoms with Gasteiger partial charge in [-0.2, -0.15) is 0 Å². The molecule has 0 aromatic heterocycles. The van der Waals surface area contributed by atoms with Crippen LogP contribution in [0.5, 0.6) is 0 Å². The fourth-order valence-electron chi connectivity index (χ4n) is 2.27. The number of nitrogens with one attached hydrogen (secondary N) is 1. The lowest BCUT2D eigenvalue weighted by Gasteiger charge is -2.17. The number of hydrogen-bond donors (Lipinski definition) is 1. The third-order valence-electron chi connectivity index (χ3n) is 3.30. The highest BCUT2D eigenvalue weighted by atomic mass is 79.9. The Balaban J connectivity index is 2.25. The SMILES string of the molecule is CCCC(CCBr)CNC(=O)C1CCC(C)O1. The molecule has 3 unspecified atom stereocenters. The van der Waals surface area contributed by atoms with E-state index in [1.54, 1.807) is 0 Å². The first kappa shape index (κ1) is 15.0. The third-order valence-corrected chi connectivity index (χ3v) is 3.76. The maximum absolute atomic E-state index is 11.9. The minimum absolute atomic E-state index is 0.0741. The molecule has 1 rings (SSSR count). The Hall–Kier alpha value is -0.0900. The Labute approximate surface area is 113 Å². The molecule has 0 saturated carbocycles. The van der Waals surface area contributed by atoms with E-state index >= 15 is 0 Å². The second-order valence-electron chi connectivity index (χ2n) is 4.89. The van der Waals surface area contributed by atoms with Gasteiger partial charge in [0.2, 0.25) is 5.91 Å². The van der Waals surface area contributed by atoms with Crippen LogP contribution in [0.25, 0.3) is 0 Å². The van der Waals surface area contributed by atoms with Crippen LogP contribution in [0.4, 0.5) is 0 Å². The van der Waals surface area contributed by atoms with E-state index in [9.17, 15) is 4.79 Å². The molecule has 4 heteroatoms. The molecule has 1 heterocycles. The van der Waals surface area contributed by atoms with Crippen molar-refractivity contribution in [2.75, 3.05) is 11.9 Å². The molecule has 0 aromatic carbocycles. The number of hydrogen-bond acceptors (Lipinski definition) is 2. The Morgan fingerprint density at radius 1 is 1.47 bits per heavy atom. The van der Waals surface area contributed by atoms with Crippen molar-refractivity contribution in [3.63, 3.8) is 0 Å². The van der Waals surface area contributed by atoms with Crippen molar-refractivity contribution in [3.05, 3.63) is 0 Å². The molecule has 1 saturated heterocycles. The second-order valence-corrected chi connectivity index (χ2v) is 5.68. The van der Waals surface area contributed by atoms with E-state index in [1.807, 2.05) is 6.92 Å². The molecule has 1 fully saturated rings. The van der Waals surface area contributed by atoms with Crippen molar-refractivity contribution in [1.82, 2.24) is 5.32 Å². The number of alkyl halides is 1. The molecule has 1 amide bonds. The van der Waals surface area contributed by atoms with E-state index in [0.29, 0.717) is 5.92 Å². The van der Waals surface area contributed by atoms with Crippen LogP contribution in [0.1, 0.15) is 46.0 Å². The molecular formula is C13H24BrNO2. The van der Waals surface area contributed by atoms with Crippen LogP contribution in [-0.2, 0) is 9.53 Å². The van der Waals surface area contributed by atoms with E-state index in [-0.39, 0.29) is 18.1 Å². The zero-order valence-electron chi connectivity index (χ0n) is 10.9. The monoisotopic (exact) mass is 305 g/mol. The lowest BCUT2D eigenvalue weighted by molar-refractivity contribution is -0.131. The summed E-state index contributed by atoms with van der Waals surface area (Å²) in [5.74, 6) is 0.659. The Bertz CT molecular complexity index is 229. The summed E-state index contributed by atoms with van der Waals surface area (Å²) < 4.78 is 5.55. The summed E-state index contributed by atoms with van der Waals surface area (Å²) in [6.45, 7) is 5.00. The molecule has 100 valence electrons. The van der Waals surface area contributed by atoms with Gasteiger partial charge in [-0.15, -0.1) is 0 Å². The number of amides is 1. The van der Waals surface area contributed by atoms with Crippen molar-refractivity contribution in [2.45, 2.75) is 58.2 Å². The highest BCUT2D eigenvalue weighted by Gasteiger charge is 2.28. The number of halogens is 1. The molecular weight excluding hydrogens is 282 g/mol. The Kier molecular flexibility index (Phi) is 7.12. The van der Waals surface area contributed by atoms with Gasteiger partial charge in [-0.3, -0.25) is 4.79 Å². The topological polar surface area (TPSA) is 38.3 Å². The summed E-state index contributed by atoms with van der Waals surface area (Å²) in [4.78, 5) is 11.9. The van der Waals surface area contributed by atoms with Crippen LogP contribution in [0.3, 0.4) is 0 Å². The van der Waals surface area contributed by atoms with Crippen LogP contribution in [0.2, 0.25) is 0 Å². The largest absolute Gasteiger partial charge is 0.365 e. The van der Waals surface area contributed by atoms with Gasteiger partial charge in [0.05, 0.1) is 6.10 Å². The second kappa shape index (κ2) is 8.09. The van der Waals surface area contributed by atoms with Gasteiger partial charge >= 0.3 is 0 Å². The molecule has 0 spiro atoms. The summed E-state index contributed by atoms with van der Waals surface area (Å²) in [7, 11) is 0. The van der Waals surface area contributed by atoms with Gasteiger partial charge in [0.15, 0.2) is 0 Å². The van der Waals surface area contributed by atoms with Gasteiger partial charge in [-0.1, -0.05) is 29.3 Å². The molecule has 3 atom stereocenters. The molecule has 0 aliphatic carbocycles.